The largest absolute Gasteiger partial charge is 0.358 e. The SMILES string of the molecule is CC(=O)CCc1c(C2CCCC2)[nH]c2cc(C)ccc12. The number of hydrogen-bond donors (Lipinski definition) is 1. The van der Waals surface area contributed by atoms with Crippen LogP contribution >= 0.6 is 0 Å². The van der Waals surface area contributed by atoms with Crippen molar-refractivity contribution in [2.24, 2.45) is 0 Å². The van der Waals surface area contributed by atoms with Crippen molar-refractivity contribution in [1.29, 1.82) is 0 Å². The molecule has 0 atom stereocenters. The fourth-order valence-electron chi connectivity index (χ4n) is 3.52. The van der Waals surface area contributed by atoms with E-state index < -0.39 is 0 Å². The molecule has 0 radical (unpaired) electrons. The number of aryl methyl sites for hydroxylation is 2. The van der Waals surface area contributed by atoms with Gasteiger partial charge >= 0.3 is 0 Å². The zero-order valence-corrected chi connectivity index (χ0v) is 12.5. The minimum absolute atomic E-state index is 0.281. The molecule has 1 aliphatic carbocycles. The van der Waals surface area contributed by atoms with Crippen molar-refractivity contribution in [1.82, 2.24) is 4.98 Å². The highest BCUT2D eigenvalue weighted by molar-refractivity contribution is 5.86. The number of rotatable bonds is 4. The molecule has 106 valence electrons. The number of nitrogens with one attached hydrogen (secondary N) is 1. The number of aromatic nitrogens is 1. The van der Waals surface area contributed by atoms with Crippen molar-refractivity contribution < 1.29 is 4.79 Å². The summed E-state index contributed by atoms with van der Waals surface area (Å²) in [5, 5.41) is 1.32. The number of hydrogen-bond acceptors (Lipinski definition) is 1. The summed E-state index contributed by atoms with van der Waals surface area (Å²) in [6.45, 7) is 3.82. The van der Waals surface area contributed by atoms with Crippen LogP contribution in [0.5, 0.6) is 0 Å². The first-order valence-electron chi connectivity index (χ1n) is 7.75. The molecule has 0 spiro atoms. The Morgan fingerprint density at radius 3 is 2.75 bits per heavy atom. The van der Waals surface area contributed by atoms with E-state index in [-0.39, 0.29) is 5.78 Å². The van der Waals surface area contributed by atoms with Gasteiger partial charge < -0.3 is 9.78 Å². The lowest BCUT2D eigenvalue weighted by atomic mass is 9.95. The number of carbonyl (C=O) groups excluding carboxylic acids is 1. The van der Waals surface area contributed by atoms with Gasteiger partial charge in [-0.05, 0) is 56.2 Å². The Bertz CT molecular complexity index is 632. The van der Waals surface area contributed by atoms with Crippen LogP contribution in [0.15, 0.2) is 18.2 Å². The number of ketones is 1. The summed E-state index contributed by atoms with van der Waals surface area (Å²) < 4.78 is 0. The third-order valence-electron chi connectivity index (χ3n) is 4.59. The second kappa shape index (κ2) is 5.43. The second-order valence-electron chi connectivity index (χ2n) is 6.25. The number of Topliss-reactive ketones (excluding diaryl/α,β-unsaturated/α-hetero) is 1. The summed E-state index contributed by atoms with van der Waals surface area (Å²) in [4.78, 5) is 15.0. The number of aromatic amines is 1. The molecule has 0 bridgehead atoms. The molecule has 1 aliphatic rings. The topological polar surface area (TPSA) is 32.9 Å². The monoisotopic (exact) mass is 269 g/mol. The summed E-state index contributed by atoms with van der Waals surface area (Å²) >= 11 is 0. The number of fused-ring (bicyclic) bond motifs is 1. The number of H-pyrrole nitrogens is 1. The molecule has 2 heteroatoms. The van der Waals surface area contributed by atoms with Crippen LogP contribution in [0.3, 0.4) is 0 Å². The second-order valence-corrected chi connectivity index (χ2v) is 6.25. The third kappa shape index (κ3) is 2.52. The van der Waals surface area contributed by atoms with Crippen molar-refractivity contribution in [3.05, 3.63) is 35.0 Å². The molecule has 2 nitrogen and oxygen atoms in total. The predicted molar refractivity (Wildman–Crippen MR) is 83.2 cm³/mol. The van der Waals surface area contributed by atoms with Crippen LogP contribution in [-0.2, 0) is 11.2 Å². The zero-order chi connectivity index (χ0) is 14.1. The maximum atomic E-state index is 11.4. The standard InChI is InChI=1S/C18H23NO/c1-12-7-9-15-16(10-8-13(2)20)18(19-17(15)11-12)14-5-3-4-6-14/h7,9,11,14,19H,3-6,8,10H2,1-2H3. The van der Waals surface area contributed by atoms with Gasteiger partial charge in [-0.1, -0.05) is 25.0 Å². The van der Waals surface area contributed by atoms with Crippen LogP contribution in [0.1, 0.15) is 61.8 Å². The maximum Gasteiger partial charge on any atom is 0.130 e. The third-order valence-corrected chi connectivity index (χ3v) is 4.59. The van der Waals surface area contributed by atoms with Gasteiger partial charge in [0.15, 0.2) is 0 Å². The van der Waals surface area contributed by atoms with Crippen molar-refractivity contribution in [2.75, 3.05) is 0 Å². The molecule has 0 saturated heterocycles. The van der Waals surface area contributed by atoms with E-state index in [1.54, 1.807) is 6.92 Å². The average Bonchev–Trinajstić information content (AvgIpc) is 3.02. The van der Waals surface area contributed by atoms with E-state index in [2.05, 4.69) is 30.1 Å². The van der Waals surface area contributed by atoms with E-state index in [1.807, 2.05) is 0 Å². The fraction of sp³-hybridized carbons (Fsp3) is 0.500. The van der Waals surface area contributed by atoms with Gasteiger partial charge in [0.05, 0.1) is 0 Å². The summed E-state index contributed by atoms with van der Waals surface area (Å²) in [7, 11) is 0. The van der Waals surface area contributed by atoms with Crippen LogP contribution in [0, 0.1) is 6.92 Å². The highest BCUT2D eigenvalue weighted by Gasteiger charge is 2.23. The van der Waals surface area contributed by atoms with Gasteiger partial charge in [-0.15, -0.1) is 0 Å². The summed E-state index contributed by atoms with van der Waals surface area (Å²) in [5.74, 6) is 0.952. The van der Waals surface area contributed by atoms with E-state index in [0.29, 0.717) is 12.3 Å². The van der Waals surface area contributed by atoms with Crippen molar-refractivity contribution in [2.45, 2.75) is 58.3 Å². The van der Waals surface area contributed by atoms with Gasteiger partial charge in [-0.3, -0.25) is 0 Å². The van der Waals surface area contributed by atoms with Crippen molar-refractivity contribution >= 4 is 16.7 Å². The molecule has 1 heterocycles. The smallest absolute Gasteiger partial charge is 0.130 e. The lowest BCUT2D eigenvalue weighted by Gasteiger charge is -2.10. The average molecular weight is 269 g/mol. The molecule has 3 rings (SSSR count). The van der Waals surface area contributed by atoms with Gasteiger partial charge in [0.2, 0.25) is 0 Å². The first-order chi connectivity index (χ1) is 9.65. The molecular weight excluding hydrogens is 246 g/mol. The summed E-state index contributed by atoms with van der Waals surface area (Å²) in [6, 6.07) is 6.62. The molecule has 1 fully saturated rings. The van der Waals surface area contributed by atoms with E-state index in [4.69, 9.17) is 0 Å². The zero-order valence-electron chi connectivity index (χ0n) is 12.5. The Hall–Kier alpha value is -1.57. The Labute approximate surface area is 120 Å². The van der Waals surface area contributed by atoms with Crippen LogP contribution < -0.4 is 0 Å². The molecule has 1 saturated carbocycles. The Kier molecular flexibility index (Phi) is 3.64. The molecular formula is C18H23NO. The van der Waals surface area contributed by atoms with Gasteiger partial charge in [0.25, 0.3) is 0 Å². The van der Waals surface area contributed by atoms with Gasteiger partial charge in [0, 0.05) is 23.0 Å². The minimum Gasteiger partial charge on any atom is -0.358 e. The van der Waals surface area contributed by atoms with Gasteiger partial charge in [-0.2, -0.15) is 0 Å². The van der Waals surface area contributed by atoms with Gasteiger partial charge in [0.1, 0.15) is 5.78 Å². The van der Waals surface area contributed by atoms with E-state index in [9.17, 15) is 4.79 Å². The highest BCUT2D eigenvalue weighted by Crippen LogP contribution is 2.38. The van der Waals surface area contributed by atoms with Crippen LogP contribution in [-0.4, -0.2) is 10.8 Å². The van der Waals surface area contributed by atoms with Gasteiger partial charge in [-0.25, -0.2) is 0 Å². The molecule has 20 heavy (non-hydrogen) atoms. The first-order valence-corrected chi connectivity index (χ1v) is 7.75. The van der Waals surface area contributed by atoms with E-state index in [0.717, 1.165) is 6.42 Å². The molecule has 1 aromatic heterocycles. The molecule has 0 aliphatic heterocycles. The summed E-state index contributed by atoms with van der Waals surface area (Å²) in [6.07, 6.45) is 6.79. The normalized spacial score (nSPS) is 16.1. The Balaban J connectivity index is 2.05. The van der Waals surface area contributed by atoms with Crippen molar-refractivity contribution in [3.8, 4) is 0 Å². The van der Waals surface area contributed by atoms with E-state index >= 15 is 0 Å². The fourth-order valence-corrected chi connectivity index (χ4v) is 3.52. The minimum atomic E-state index is 0.281. The predicted octanol–water partition coefficient (Wildman–Crippen LogP) is 4.66. The molecule has 0 amide bonds. The first kappa shape index (κ1) is 13.4. The summed E-state index contributed by atoms with van der Waals surface area (Å²) in [5.41, 5.74) is 5.33. The molecule has 0 unspecified atom stereocenters. The van der Waals surface area contributed by atoms with Crippen LogP contribution in [0.25, 0.3) is 10.9 Å². The number of carbonyl (C=O) groups is 1. The highest BCUT2D eigenvalue weighted by atomic mass is 16.1. The quantitative estimate of drug-likeness (QED) is 0.860. The van der Waals surface area contributed by atoms with E-state index in [1.165, 1.54) is 53.4 Å². The van der Waals surface area contributed by atoms with Crippen molar-refractivity contribution in [3.63, 3.8) is 0 Å². The molecule has 1 N–H and O–H groups in total. The maximum absolute atomic E-state index is 11.4. The lowest BCUT2D eigenvalue weighted by molar-refractivity contribution is -0.116. The molecule has 1 aromatic carbocycles. The Morgan fingerprint density at radius 1 is 1.30 bits per heavy atom. The molecule has 2 aromatic rings. The van der Waals surface area contributed by atoms with Crippen LogP contribution in [0.2, 0.25) is 0 Å². The number of benzene rings is 1. The van der Waals surface area contributed by atoms with Crippen LogP contribution in [0.4, 0.5) is 0 Å². The lowest BCUT2D eigenvalue weighted by Crippen LogP contribution is -2.00. The Morgan fingerprint density at radius 2 is 2.05 bits per heavy atom.